The van der Waals surface area contributed by atoms with E-state index in [-0.39, 0.29) is 29.7 Å². The van der Waals surface area contributed by atoms with Crippen LogP contribution < -0.4 is 4.74 Å². The summed E-state index contributed by atoms with van der Waals surface area (Å²) in [6.45, 7) is 3.82. The van der Waals surface area contributed by atoms with Crippen LogP contribution >= 0.6 is 0 Å². The summed E-state index contributed by atoms with van der Waals surface area (Å²) < 4.78 is 11.8. The smallest absolute Gasteiger partial charge is 0.246 e. The van der Waals surface area contributed by atoms with Crippen LogP contribution in [0, 0.1) is 5.92 Å². The van der Waals surface area contributed by atoms with Gasteiger partial charge in [0.05, 0.1) is 29.6 Å². The molecule has 7 nitrogen and oxygen atoms in total. The standard InChI is InChI=1S/C33H36N2O5/c1-21-18-25(34(2)28(37)11-8-23-13-17-39-20-23)31-32-14-16-35(15-12-22-6-4-3-5-7-22)27(33(21,32)38)19-24-9-10-26(36)30(40-31)29(24)32/h3-11,13,17,20-21,25,27,31,36,38H,12,14-16,18-19H2,1-2H3/b11-8+/t21-,25-,27+,31+,32-,33+/m0/s1. The summed E-state index contributed by atoms with van der Waals surface area (Å²) in [7, 11) is 1.82. The molecule has 4 aliphatic rings. The van der Waals surface area contributed by atoms with Crippen LogP contribution in [0.25, 0.3) is 6.08 Å². The lowest BCUT2D eigenvalue weighted by Crippen LogP contribution is -2.80. The predicted octanol–water partition coefficient (Wildman–Crippen LogP) is 4.17. The number of carbonyl (C=O) groups excluding carboxylic acids is 1. The second kappa shape index (κ2) is 9.25. The molecule has 40 heavy (non-hydrogen) atoms. The highest BCUT2D eigenvalue weighted by molar-refractivity contribution is 5.92. The Morgan fingerprint density at radius 3 is 2.80 bits per heavy atom. The van der Waals surface area contributed by atoms with Gasteiger partial charge in [0.25, 0.3) is 0 Å². The van der Waals surface area contributed by atoms with Gasteiger partial charge in [-0.2, -0.15) is 0 Å². The fourth-order valence-corrected chi connectivity index (χ4v) is 8.41. The highest BCUT2D eigenvalue weighted by Gasteiger charge is 2.75. The van der Waals surface area contributed by atoms with Gasteiger partial charge in [-0.25, -0.2) is 0 Å². The molecule has 2 bridgehead atoms. The third kappa shape index (κ3) is 3.47. The number of aromatic hydroxyl groups is 1. The Balaban J connectivity index is 1.26. The molecule has 208 valence electrons. The Morgan fingerprint density at radius 2 is 2.02 bits per heavy atom. The number of likely N-dealkylation sites (tertiary alicyclic amines) is 1. The maximum absolute atomic E-state index is 13.4. The van der Waals surface area contributed by atoms with Gasteiger partial charge in [0, 0.05) is 36.8 Å². The minimum Gasteiger partial charge on any atom is -0.504 e. The molecular formula is C33H36N2O5. The third-order valence-electron chi connectivity index (χ3n) is 10.3. The number of ether oxygens (including phenoxy) is 1. The lowest BCUT2D eigenvalue weighted by Gasteiger charge is -2.66. The fourth-order valence-electron chi connectivity index (χ4n) is 8.41. The second-order valence-corrected chi connectivity index (χ2v) is 12.1. The zero-order valence-corrected chi connectivity index (χ0v) is 23.0. The van der Waals surface area contributed by atoms with Gasteiger partial charge < -0.3 is 24.3 Å². The van der Waals surface area contributed by atoms with Crippen molar-refractivity contribution in [2.45, 2.75) is 61.8 Å². The number of rotatable bonds is 6. The van der Waals surface area contributed by atoms with E-state index in [2.05, 4.69) is 36.1 Å². The van der Waals surface area contributed by atoms with Crippen LogP contribution in [0.4, 0.5) is 0 Å². The Morgan fingerprint density at radius 1 is 1.20 bits per heavy atom. The Hall–Kier alpha value is -3.55. The number of amides is 1. The molecule has 2 aliphatic heterocycles. The van der Waals surface area contributed by atoms with E-state index in [1.54, 1.807) is 41.7 Å². The number of benzene rings is 2. The molecular weight excluding hydrogens is 504 g/mol. The van der Waals surface area contributed by atoms with E-state index in [1.165, 1.54) is 5.56 Å². The topological polar surface area (TPSA) is 86.4 Å². The summed E-state index contributed by atoms with van der Waals surface area (Å²) in [5, 5.41) is 23.9. The number of phenolic OH excluding ortho intramolecular Hbond substituents is 1. The van der Waals surface area contributed by atoms with Crippen molar-refractivity contribution in [3.05, 3.63) is 89.4 Å². The van der Waals surface area contributed by atoms with Gasteiger partial charge in [0.1, 0.15) is 6.10 Å². The van der Waals surface area contributed by atoms with Crippen LogP contribution in [0.3, 0.4) is 0 Å². The van der Waals surface area contributed by atoms with Crippen LogP contribution in [0.5, 0.6) is 11.5 Å². The summed E-state index contributed by atoms with van der Waals surface area (Å²) in [6, 6.07) is 15.7. The van der Waals surface area contributed by atoms with Gasteiger partial charge in [0.2, 0.25) is 5.91 Å². The molecule has 3 aromatic rings. The molecule has 1 spiro atoms. The van der Waals surface area contributed by atoms with Crippen molar-refractivity contribution in [1.82, 2.24) is 9.80 Å². The average molecular weight is 541 g/mol. The minimum absolute atomic E-state index is 0.0722. The molecule has 7 rings (SSSR count). The van der Waals surface area contributed by atoms with E-state index in [4.69, 9.17) is 9.15 Å². The summed E-state index contributed by atoms with van der Waals surface area (Å²) >= 11 is 0. The van der Waals surface area contributed by atoms with Crippen molar-refractivity contribution in [2.75, 3.05) is 20.1 Å². The third-order valence-corrected chi connectivity index (χ3v) is 10.3. The van der Waals surface area contributed by atoms with Crippen molar-refractivity contribution in [2.24, 2.45) is 5.92 Å². The number of nitrogens with zero attached hydrogens (tertiary/aromatic N) is 2. The van der Waals surface area contributed by atoms with E-state index in [9.17, 15) is 15.0 Å². The fraction of sp³-hybridized carbons (Fsp3) is 0.424. The van der Waals surface area contributed by atoms with E-state index >= 15 is 0 Å². The van der Waals surface area contributed by atoms with E-state index in [0.29, 0.717) is 25.0 Å². The summed E-state index contributed by atoms with van der Waals surface area (Å²) in [5.41, 5.74) is 2.46. The molecule has 1 amide bonds. The van der Waals surface area contributed by atoms with E-state index < -0.39 is 17.1 Å². The van der Waals surface area contributed by atoms with Gasteiger partial charge in [-0.3, -0.25) is 9.69 Å². The zero-order chi connectivity index (χ0) is 27.6. The van der Waals surface area contributed by atoms with Crippen LogP contribution in [0.15, 0.2) is 71.6 Å². The molecule has 2 aromatic carbocycles. The largest absolute Gasteiger partial charge is 0.504 e. The molecule has 1 saturated heterocycles. The Labute approximate surface area is 234 Å². The first-order valence-electron chi connectivity index (χ1n) is 14.3. The van der Waals surface area contributed by atoms with Crippen molar-refractivity contribution in [3.8, 4) is 11.5 Å². The Kier molecular flexibility index (Phi) is 5.88. The molecule has 0 radical (unpaired) electrons. The zero-order valence-electron chi connectivity index (χ0n) is 23.0. The van der Waals surface area contributed by atoms with Crippen molar-refractivity contribution < 1.29 is 24.2 Å². The summed E-state index contributed by atoms with van der Waals surface area (Å²) in [6.07, 6.45) is 8.98. The first kappa shape index (κ1) is 25.4. The normalized spacial score (nSPS) is 32.1. The molecule has 0 unspecified atom stereocenters. The number of carbonyl (C=O) groups is 1. The van der Waals surface area contributed by atoms with Crippen molar-refractivity contribution in [1.29, 1.82) is 0 Å². The lowest BCUT2D eigenvalue weighted by molar-refractivity contribution is -0.224. The molecule has 2 fully saturated rings. The quantitative estimate of drug-likeness (QED) is 0.457. The van der Waals surface area contributed by atoms with Crippen LogP contribution in [-0.2, 0) is 23.1 Å². The Bertz CT molecular complexity index is 1450. The van der Waals surface area contributed by atoms with Gasteiger partial charge in [-0.15, -0.1) is 0 Å². The van der Waals surface area contributed by atoms with Crippen LogP contribution in [0.1, 0.15) is 42.0 Å². The maximum Gasteiger partial charge on any atom is 0.246 e. The first-order chi connectivity index (χ1) is 19.3. The molecule has 2 N–H and O–H groups in total. The first-order valence-corrected chi connectivity index (χ1v) is 14.3. The number of hydrogen-bond donors (Lipinski definition) is 2. The van der Waals surface area contributed by atoms with Gasteiger partial charge >= 0.3 is 0 Å². The molecule has 7 heteroatoms. The van der Waals surface area contributed by atoms with Gasteiger partial charge in [0.15, 0.2) is 11.5 Å². The van der Waals surface area contributed by atoms with Crippen LogP contribution in [-0.4, -0.2) is 69.8 Å². The molecule has 2 aliphatic carbocycles. The number of aliphatic hydroxyl groups is 1. The SMILES string of the molecule is C[C@H]1C[C@H](N(C)C(=O)/C=C/c2ccoc2)[C@H]2Oc3c(O)ccc4c3[C@@]23CCN(CCc2ccccc2)[C@H](C4)[C@]13O. The average Bonchev–Trinajstić information content (AvgIpc) is 3.60. The van der Waals surface area contributed by atoms with E-state index in [0.717, 1.165) is 36.2 Å². The second-order valence-electron chi connectivity index (χ2n) is 12.1. The molecule has 6 atom stereocenters. The maximum atomic E-state index is 13.4. The molecule has 1 saturated carbocycles. The highest BCUT2D eigenvalue weighted by Crippen LogP contribution is 2.67. The number of phenols is 1. The monoisotopic (exact) mass is 540 g/mol. The number of piperidine rings is 1. The lowest BCUT2D eigenvalue weighted by atomic mass is 9.45. The van der Waals surface area contributed by atoms with Crippen molar-refractivity contribution in [3.63, 3.8) is 0 Å². The minimum atomic E-state index is -1.05. The predicted molar refractivity (Wildman–Crippen MR) is 151 cm³/mol. The van der Waals surface area contributed by atoms with Gasteiger partial charge in [-0.05, 0) is 67.5 Å². The molecule has 1 aromatic heterocycles. The molecule has 3 heterocycles. The van der Waals surface area contributed by atoms with Gasteiger partial charge in [-0.1, -0.05) is 43.3 Å². The number of hydrogen-bond acceptors (Lipinski definition) is 6. The summed E-state index contributed by atoms with van der Waals surface area (Å²) in [5.74, 6) is 0.384. The van der Waals surface area contributed by atoms with Crippen LogP contribution in [0.2, 0.25) is 0 Å². The summed E-state index contributed by atoms with van der Waals surface area (Å²) in [4.78, 5) is 17.6. The van der Waals surface area contributed by atoms with E-state index in [1.807, 2.05) is 19.2 Å². The van der Waals surface area contributed by atoms with Crippen molar-refractivity contribution >= 4 is 12.0 Å². The number of likely N-dealkylation sites (N-methyl/N-ethyl adjacent to an activating group) is 1. The number of furan rings is 1. The highest BCUT2D eigenvalue weighted by atomic mass is 16.5.